The second kappa shape index (κ2) is 10.6. The van der Waals surface area contributed by atoms with E-state index in [1.165, 1.54) is 0 Å². The number of hydrogen-bond donors (Lipinski definition) is 1. The number of carbonyl (C=O) groups is 2. The number of rotatable bonds is 9. The lowest BCUT2D eigenvalue weighted by Gasteiger charge is -2.34. The average molecular weight is 395 g/mol. The van der Waals surface area contributed by atoms with Gasteiger partial charge in [0.25, 0.3) is 0 Å². The Morgan fingerprint density at radius 1 is 1.14 bits per heavy atom. The van der Waals surface area contributed by atoms with Gasteiger partial charge >= 0.3 is 0 Å². The molecule has 2 aromatic carbocycles. The molecule has 5 nitrogen and oxygen atoms in total. The topological polar surface area (TPSA) is 58.6 Å². The van der Waals surface area contributed by atoms with Crippen LogP contribution >= 0.6 is 0 Å². The van der Waals surface area contributed by atoms with E-state index in [0.717, 1.165) is 42.6 Å². The molecule has 29 heavy (non-hydrogen) atoms. The van der Waals surface area contributed by atoms with Crippen LogP contribution in [-0.4, -0.2) is 29.9 Å². The zero-order valence-corrected chi connectivity index (χ0v) is 17.1. The van der Waals surface area contributed by atoms with Crippen LogP contribution in [0.4, 0.5) is 0 Å². The molecule has 0 bridgehead atoms. The number of benzene rings is 2. The smallest absolute Gasteiger partial charge is 0.247 e. The van der Waals surface area contributed by atoms with E-state index >= 15 is 0 Å². The van der Waals surface area contributed by atoms with Crippen molar-refractivity contribution in [3.05, 3.63) is 65.7 Å². The van der Waals surface area contributed by atoms with Crippen LogP contribution in [0.15, 0.2) is 54.6 Å². The van der Waals surface area contributed by atoms with Gasteiger partial charge in [0.2, 0.25) is 11.8 Å². The third kappa shape index (κ3) is 5.83. The van der Waals surface area contributed by atoms with E-state index < -0.39 is 6.04 Å². The Morgan fingerprint density at radius 3 is 2.72 bits per heavy atom. The van der Waals surface area contributed by atoms with Crippen molar-refractivity contribution in [2.24, 2.45) is 0 Å². The van der Waals surface area contributed by atoms with Crippen LogP contribution in [0.5, 0.6) is 5.75 Å². The molecule has 1 aliphatic heterocycles. The fourth-order valence-electron chi connectivity index (χ4n) is 3.57. The molecule has 0 aliphatic carbocycles. The van der Waals surface area contributed by atoms with Crippen molar-refractivity contribution in [2.45, 2.75) is 51.6 Å². The monoisotopic (exact) mass is 394 g/mol. The number of nitrogens with zero attached hydrogens (tertiary/aromatic N) is 1. The number of nitrogens with one attached hydrogen (secondary N) is 1. The van der Waals surface area contributed by atoms with E-state index in [-0.39, 0.29) is 11.8 Å². The molecular weight excluding hydrogens is 364 g/mol. The summed E-state index contributed by atoms with van der Waals surface area (Å²) in [6.07, 6.45) is 4.44. The lowest BCUT2D eigenvalue weighted by atomic mass is 10.0. The van der Waals surface area contributed by atoms with Gasteiger partial charge < -0.3 is 15.0 Å². The predicted molar refractivity (Wildman–Crippen MR) is 113 cm³/mol. The van der Waals surface area contributed by atoms with Gasteiger partial charge in [-0.15, -0.1) is 0 Å². The van der Waals surface area contributed by atoms with Gasteiger partial charge in [0, 0.05) is 19.5 Å². The van der Waals surface area contributed by atoms with Crippen LogP contribution in [0.2, 0.25) is 0 Å². The summed E-state index contributed by atoms with van der Waals surface area (Å²) >= 11 is 0. The summed E-state index contributed by atoms with van der Waals surface area (Å²) in [7, 11) is 0. The van der Waals surface area contributed by atoms with Crippen LogP contribution in [0.3, 0.4) is 0 Å². The van der Waals surface area contributed by atoms with Gasteiger partial charge in [0.1, 0.15) is 11.8 Å². The minimum atomic E-state index is -0.590. The Bertz CT molecular complexity index is 807. The van der Waals surface area contributed by atoms with Crippen molar-refractivity contribution in [3.8, 4) is 5.75 Å². The molecule has 0 radical (unpaired) electrons. The summed E-state index contributed by atoms with van der Waals surface area (Å²) < 4.78 is 5.75. The Morgan fingerprint density at radius 2 is 1.97 bits per heavy atom. The highest BCUT2D eigenvalue weighted by Crippen LogP contribution is 2.26. The largest absolute Gasteiger partial charge is 0.494 e. The van der Waals surface area contributed by atoms with Gasteiger partial charge in [-0.3, -0.25) is 9.59 Å². The zero-order valence-electron chi connectivity index (χ0n) is 17.1. The average Bonchev–Trinajstić information content (AvgIpc) is 2.75. The summed E-state index contributed by atoms with van der Waals surface area (Å²) in [5.74, 6) is 0.714. The van der Waals surface area contributed by atoms with Crippen molar-refractivity contribution >= 4 is 11.8 Å². The van der Waals surface area contributed by atoms with Gasteiger partial charge in [-0.2, -0.15) is 0 Å². The van der Waals surface area contributed by atoms with Gasteiger partial charge in [-0.25, -0.2) is 0 Å². The summed E-state index contributed by atoms with van der Waals surface area (Å²) in [6.45, 7) is 3.84. The first-order valence-corrected chi connectivity index (χ1v) is 10.5. The highest BCUT2D eigenvalue weighted by molar-refractivity contribution is 5.89. The molecule has 2 aromatic rings. The molecule has 0 spiro atoms. The fraction of sp³-hybridized carbons (Fsp3) is 0.417. The third-order valence-corrected chi connectivity index (χ3v) is 5.17. The molecule has 1 unspecified atom stereocenters. The summed E-state index contributed by atoms with van der Waals surface area (Å²) in [4.78, 5) is 27.3. The van der Waals surface area contributed by atoms with E-state index in [1.54, 1.807) is 4.90 Å². The maximum absolute atomic E-state index is 13.1. The Hall–Kier alpha value is -2.82. The highest BCUT2D eigenvalue weighted by atomic mass is 16.5. The van der Waals surface area contributed by atoms with Crippen LogP contribution < -0.4 is 10.1 Å². The molecule has 3 rings (SSSR count). The minimum Gasteiger partial charge on any atom is -0.494 e. The molecule has 2 amide bonds. The molecule has 1 fully saturated rings. The lowest BCUT2D eigenvalue weighted by molar-refractivity contribution is -0.142. The van der Waals surface area contributed by atoms with E-state index in [2.05, 4.69) is 12.2 Å². The number of unbranched alkanes of at least 4 members (excludes halogenated alkanes) is 1. The molecule has 1 saturated heterocycles. The van der Waals surface area contributed by atoms with E-state index in [0.29, 0.717) is 26.1 Å². The van der Waals surface area contributed by atoms with Gasteiger partial charge in [-0.1, -0.05) is 55.8 Å². The Balaban J connectivity index is 1.69. The maximum Gasteiger partial charge on any atom is 0.247 e. The number of likely N-dealkylation sites (tertiary alicyclic amines) is 1. The molecule has 1 atom stereocenters. The van der Waals surface area contributed by atoms with Crippen LogP contribution in [-0.2, 0) is 16.1 Å². The second-order valence-corrected chi connectivity index (χ2v) is 7.42. The third-order valence-electron chi connectivity index (χ3n) is 5.17. The molecular formula is C24H30N2O3. The molecule has 5 heteroatoms. The molecule has 1 aliphatic rings. The summed E-state index contributed by atoms with van der Waals surface area (Å²) in [5.41, 5.74) is 1.82. The number of carbonyl (C=O) groups excluding carboxylic acids is 2. The molecule has 154 valence electrons. The molecule has 1 heterocycles. The molecule has 0 saturated carbocycles. The highest BCUT2D eigenvalue weighted by Gasteiger charge is 2.32. The minimum absolute atomic E-state index is 0.0478. The van der Waals surface area contributed by atoms with Crippen molar-refractivity contribution in [3.63, 3.8) is 0 Å². The lowest BCUT2D eigenvalue weighted by Crippen LogP contribution is -2.45. The second-order valence-electron chi connectivity index (χ2n) is 7.42. The maximum atomic E-state index is 13.1. The van der Waals surface area contributed by atoms with Crippen molar-refractivity contribution in [2.75, 3.05) is 13.2 Å². The molecule has 1 N–H and O–H groups in total. The zero-order chi connectivity index (χ0) is 20.5. The van der Waals surface area contributed by atoms with Crippen molar-refractivity contribution in [1.82, 2.24) is 10.2 Å². The van der Waals surface area contributed by atoms with Crippen LogP contribution in [0, 0.1) is 0 Å². The van der Waals surface area contributed by atoms with Gasteiger partial charge in [-0.05, 0) is 42.5 Å². The number of piperidine rings is 1. The quantitative estimate of drug-likeness (QED) is 0.648. The first-order chi connectivity index (χ1) is 14.2. The van der Waals surface area contributed by atoms with Gasteiger partial charge in [0.15, 0.2) is 0 Å². The van der Waals surface area contributed by atoms with Crippen molar-refractivity contribution in [1.29, 1.82) is 0 Å². The predicted octanol–water partition coefficient (Wildman–Crippen LogP) is 4.24. The number of ether oxygens (including phenoxy) is 1. The first kappa shape index (κ1) is 20.9. The van der Waals surface area contributed by atoms with Gasteiger partial charge in [0.05, 0.1) is 6.61 Å². The number of amides is 2. The van der Waals surface area contributed by atoms with E-state index in [9.17, 15) is 9.59 Å². The summed E-state index contributed by atoms with van der Waals surface area (Å²) in [5, 5.41) is 3.02. The van der Waals surface area contributed by atoms with Crippen LogP contribution in [0.1, 0.15) is 56.2 Å². The standard InChI is InChI=1S/C24H30N2O3/c1-2-3-16-29-21-13-9-10-19(17-21)18-25-24(28)23(20-11-5-4-6-12-20)26-15-8-7-14-22(26)27/h4-6,9-13,17,23H,2-3,7-8,14-16,18H2,1H3,(H,25,28). The fourth-order valence-corrected chi connectivity index (χ4v) is 3.57. The SMILES string of the molecule is CCCCOc1cccc(CNC(=O)C(c2ccccc2)N2CCCCC2=O)c1. The normalized spacial score (nSPS) is 15.1. The van der Waals surface area contributed by atoms with E-state index in [4.69, 9.17) is 4.74 Å². The van der Waals surface area contributed by atoms with Crippen LogP contribution in [0.25, 0.3) is 0 Å². The van der Waals surface area contributed by atoms with E-state index in [1.807, 2.05) is 54.6 Å². The van der Waals surface area contributed by atoms with Crippen molar-refractivity contribution < 1.29 is 14.3 Å². The number of hydrogen-bond acceptors (Lipinski definition) is 3. The Kier molecular flexibility index (Phi) is 7.68. The summed E-state index contributed by atoms with van der Waals surface area (Å²) in [6, 6.07) is 16.8. The first-order valence-electron chi connectivity index (χ1n) is 10.5. The molecule has 0 aromatic heterocycles. The Labute approximate surface area is 173 Å².